The van der Waals surface area contributed by atoms with Crippen molar-refractivity contribution in [2.45, 2.75) is 68.4 Å². The van der Waals surface area contributed by atoms with Gasteiger partial charge in [0.1, 0.15) is 54.0 Å². The van der Waals surface area contributed by atoms with Crippen molar-refractivity contribution < 1.29 is 55.8 Å². The van der Waals surface area contributed by atoms with Crippen LogP contribution in [0.25, 0.3) is 22.1 Å². The number of nitrogens with zero attached hydrogens (tertiary/aromatic N) is 5. The first kappa shape index (κ1) is 33.6. The molecule has 3 fully saturated rings. The summed E-state index contributed by atoms with van der Waals surface area (Å²) in [6.45, 7) is -0.904. The highest BCUT2D eigenvalue weighted by Crippen LogP contribution is 2.54. The molecule has 0 spiro atoms. The minimum absolute atomic E-state index is 0.163. The van der Waals surface area contributed by atoms with Crippen LogP contribution >= 0.6 is 14.9 Å². The number of aliphatic hydroxyl groups excluding tert-OH is 1. The van der Waals surface area contributed by atoms with Gasteiger partial charge in [0.05, 0.1) is 30.9 Å². The number of anilines is 2. The Kier molecular flexibility index (Phi) is 8.20. The molecule has 4 unspecified atom stereocenters. The van der Waals surface area contributed by atoms with Crippen LogP contribution in [0.5, 0.6) is 0 Å². The molecule has 10 atom stereocenters. The van der Waals surface area contributed by atoms with Crippen LogP contribution in [0, 0.1) is 0 Å². The van der Waals surface area contributed by atoms with E-state index in [9.17, 15) is 19.0 Å². The minimum Gasteiger partial charge on any atom is -0.386 e. The summed E-state index contributed by atoms with van der Waals surface area (Å²) in [6, 6.07) is 1.74. The van der Waals surface area contributed by atoms with E-state index < -0.39 is 77.3 Å². The van der Waals surface area contributed by atoms with E-state index in [0.29, 0.717) is 41.7 Å². The Balaban J connectivity index is 1.00. The van der Waals surface area contributed by atoms with E-state index in [1.807, 2.05) is 0 Å². The first-order valence-electron chi connectivity index (χ1n) is 16.0. The van der Waals surface area contributed by atoms with E-state index in [1.165, 1.54) is 10.9 Å². The van der Waals surface area contributed by atoms with Gasteiger partial charge in [-0.05, 0) is 23.6 Å². The third-order valence-electron chi connectivity index (χ3n) is 9.51. The van der Waals surface area contributed by atoms with Gasteiger partial charge in [-0.25, -0.2) is 19.3 Å². The summed E-state index contributed by atoms with van der Waals surface area (Å²) in [5, 5.41) is 15.5. The van der Waals surface area contributed by atoms with Gasteiger partial charge in [-0.1, -0.05) is 0 Å². The van der Waals surface area contributed by atoms with Gasteiger partial charge in [-0.15, -0.1) is 0 Å². The average molecular weight is 741 g/mol. The molecule has 3 N–H and O–H groups in total. The lowest BCUT2D eigenvalue weighted by atomic mass is 10.1. The standard InChI is InChI=1S/C28H28B2FN7O11P2/c29-50(41)45-10-16-23(21(40)28(47-16)38-8-13-4-6-43-36-14-3-5-32-25(38)18(13)14)49-51(30,42)44-9-15-22(48-50)20(31)27(46-15)37-7-12-1-2-17(39)35-24-19(12)26(37)34-11-33-24/h3,5,7-8,11,15-16,20-23,27-28,36,40H,1-2,4,6,9-10H2,(H,33,34,35,39)/t15-,16-,20?,21+,22+,23?,27-,28-,50?,51?/m1/s1. The Morgan fingerprint density at radius 2 is 1.55 bits per heavy atom. The van der Waals surface area contributed by atoms with Gasteiger partial charge < -0.3 is 47.1 Å². The molecule has 0 aliphatic carbocycles. The van der Waals surface area contributed by atoms with Gasteiger partial charge in [0, 0.05) is 36.8 Å². The summed E-state index contributed by atoms with van der Waals surface area (Å²) in [7, 11) is 2.91. The molecule has 9 rings (SSSR count). The normalized spacial score (nSPS) is 37.0. The molecule has 4 aromatic rings. The number of hydrogen-bond donors (Lipinski definition) is 3. The van der Waals surface area contributed by atoms with E-state index in [-0.39, 0.29) is 23.8 Å². The fourth-order valence-corrected chi connectivity index (χ4v) is 9.27. The van der Waals surface area contributed by atoms with E-state index in [1.54, 1.807) is 29.2 Å². The highest BCUT2D eigenvalue weighted by atomic mass is 31.2. The molecule has 0 saturated carbocycles. The zero-order valence-corrected chi connectivity index (χ0v) is 28.2. The lowest BCUT2D eigenvalue weighted by molar-refractivity contribution is -0.116. The molecule has 5 aliphatic heterocycles. The Morgan fingerprint density at radius 3 is 2.33 bits per heavy atom. The van der Waals surface area contributed by atoms with Crippen LogP contribution in [0.1, 0.15) is 30.0 Å². The molecule has 0 bridgehead atoms. The van der Waals surface area contributed by atoms with Crippen molar-refractivity contribution >= 4 is 69.6 Å². The maximum atomic E-state index is 16.4. The average Bonchev–Trinajstić information content (AvgIpc) is 3.74. The van der Waals surface area contributed by atoms with Gasteiger partial charge in [0.25, 0.3) is 14.9 Å². The number of amides is 1. The summed E-state index contributed by atoms with van der Waals surface area (Å²) in [6.07, 6.45) is -4.77. The molecule has 264 valence electrons. The fraction of sp³-hybridized carbons (Fsp3) is 0.500. The van der Waals surface area contributed by atoms with Crippen molar-refractivity contribution in [2.75, 3.05) is 30.6 Å². The molecule has 1 amide bonds. The van der Waals surface area contributed by atoms with Crippen LogP contribution in [-0.4, -0.2) is 107 Å². The van der Waals surface area contributed by atoms with Gasteiger partial charge in [0.15, 0.2) is 18.6 Å². The van der Waals surface area contributed by atoms with Crippen LogP contribution in [-0.2, 0) is 59.2 Å². The zero-order valence-electron chi connectivity index (χ0n) is 26.4. The van der Waals surface area contributed by atoms with E-state index in [2.05, 4.69) is 25.7 Å². The number of ether oxygens (including phenoxy) is 2. The molecule has 9 heterocycles. The Morgan fingerprint density at radius 1 is 0.882 bits per heavy atom. The second-order valence-electron chi connectivity index (χ2n) is 12.7. The van der Waals surface area contributed by atoms with E-state index in [0.717, 1.165) is 10.9 Å². The summed E-state index contributed by atoms with van der Waals surface area (Å²) in [5.74, 6) is 0.0361. The topological polar surface area (TPSA) is 209 Å². The first-order valence-corrected chi connectivity index (χ1v) is 19.3. The highest BCUT2D eigenvalue weighted by molar-refractivity contribution is 7.79. The number of carbonyl (C=O) groups excluding carboxylic acids is 1. The predicted octanol–water partition coefficient (Wildman–Crippen LogP) is 2.13. The molecule has 0 aromatic carbocycles. The van der Waals surface area contributed by atoms with Crippen LogP contribution < -0.4 is 10.8 Å². The van der Waals surface area contributed by atoms with Crippen LogP contribution in [0.15, 0.2) is 31.0 Å². The summed E-state index contributed by atoms with van der Waals surface area (Å²) in [4.78, 5) is 30.5. The molecule has 51 heavy (non-hydrogen) atoms. The number of fused-ring (bicyclic) bond motifs is 2. The number of carbonyl (C=O) groups is 1. The summed E-state index contributed by atoms with van der Waals surface area (Å²) in [5.41, 5.74) is 5.78. The van der Waals surface area contributed by atoms with Crippen LogP contribution in [0.2, 0.25) is 0 Å². The molecule has 5 aliphatic rings. The van der Waals surface area contributed by atoms with Crippen molar-refractivity contribution in [1.29, 1.82) is 0 Å². The Bertz CT molecular complexity index is 2160. The zero-order chi connectivity index (χ0) is 35.2. The summed E-state index contributed by atoms with van der Waals surface area (Å²) < 4.78 is 81.0. The van der Waals surface area contributed by atoms with Crippen molar-refractivity contribution in [3.05, 3.63) is 42.1 Å². The maximum Gasteiger partial charge on any atom is 0.264 e. The van der Waals surface area contributed by atoms with Gasteiger partial charge in [-0.2, -0.15) is 0 Å². The van der Waals surface area contributed by atoms with E-state index in [4.69, 9.17) is 47.5 Å². The Labute approximate surface area is 290 Å². The SMILES string of the molecule is [B]P1(=O)OC[C@H]2O[C@@H](n3cc4c5c(ncnc53)NC(=O)CC4)C(F)[C@H]2OP([B])(=O)OC[C@H]2O[C@@H](n3cc4c5c(ccnc53)NOCC4)[C@@H](O)C2O1. The third kappa shape index (κ3) is 5.84. The van der Waals surface area contributed by atoms with Crippen LogP contribution in [0.3, 0.4) is 0 Å². The molecule has 18 nitrogen and oxygen atoms in total. The lowest BCUT2D eigenvalue weighted by Crippen LogP contribution is -2.38. The van der Waals surface area contributed by atoms with Crippen LogP contribution in [0.4, 0.5) is 15.9 Å². The molecule has 23 heteroatoms. The number of rotatable bonds is 2. The van der Waals surface area contributed by atoms with Crippen molar-refractivity contribution in [3.63, 3.8) is 0 Å². The molecular formula is C28H28B2FN7O11P2. The fourth-order valence-electron chi connectivity index (χ4n) is 7.24. The molecule has 3 saturated heterocycles. The van der Waals surface area contributed by atoms with Crippen molar-refractivity contribution in [1.82, 2.24) is 24.1 Å². The Hall–Kier alpha value is -3.22. The predicted molar refractivity (Wildman–Crippen MR) is 175 cm³/mol. The molecular weight excluding hydrogens is 713 g/mol. The number of aliphatic hydroxyl groups is 1. The largest absolute Gasteiger partial charge is 0.386 e. The quantitative estimate of drug-likeness (QED) is 0.199. The smallest absolute Gasteiger partial charge is 0.264 e. The lowest BCUT2D eigenvalue weighted by Gasteiger charge is -2.30. The minimum atomic E-state index is -4.58. The third-order valence-corrected chi connectivity index (χ3v) is 11.6. The van der Waals surface area contributed by atoms with Gasteiger partial charge >= 0.3 is 0 Å². The first-order chi connectivity index (χ1) is 24.5. The molecule has 4 aromatic heterocycles. The molecule has 4 radical (unpaired) electrons. The highest BCUT2D eigenvalue weighted by Gasteiger charge is 2.53. The number of aryl methyl sites for hydroxylation is 1. The van der Waals surface area contributed by atoms with Crippen molar-refractivity contribution in [3.8, 4) is 0 Å². The van der Waals surface area contributed by atoms with Gasteiger partial charge in [0.2, 0.25) is 21.0 Å². The second kappa shape index (κ2) is 12.4. The van der Waals surface area contributed by atoms with Crippen molar-refractivity contribution in [2.24, 2.45) is 0 Å². The monoisotopic (exact) mass is 741 g/mol. The number of aromatic nitrogens is 5. The number of alkyl halides is 1. The van der Waals surface area contributed by atoms with E-state index >= 15 is 4.39 Å². The van der Waals surface area contributed by atoms with Gasteiger partial charge in [-0.3, -0.25) is 24.2 Å². The maximum absolute atomic E-state index is 16.4. The number of halogens is 1. The second-order valence-corrected chi connectivity index (χ2v) is 15.8. The number of nitrogens with one attached hydrogen (secondary N) is 2. The number of hydrogen-bond acceptors (Lipinski definition) is 15. The number of pyridine rings is 1. The summed E-state index contributed by atoms with van der Waals surface area (Å²) >= 11 is 0.